The Kier molecular flexibility index (Phi) is 5.40. The molecular formula is C19H19N3O2S. The monoisotopic (exact) mass is 353 g/mol. The number of thiazole rings is 1. The fourth-order valence-corrected chi connectivity index (χ4v) is 3.54. The summed E-state index contributed by atoms with van der Waals surface area (Å²) in [4.78, 5) is 22.2. The van der Waals surface area contributed by atoms with E-state index in [1.54, 1.807) is 36.8 Å². The van der Waals surface area contributed by atoms with Crippen molar-refractivity contribution in [1.82, 2.24) is 15.3 Å². The highest BCUT2D eigenvalue weighted by Gasteiger charge is 2.13. The van der Waals surface area contributed by atoms with Gasteiger partial charge in [-0.2, -0.15) is 0 Å². The minimum Gasteiger partial charge on any atom is -0.496 e. The van der Waals surface area contributed by atoms with Gasteiger partial charge in [-0.25, -0.2) is 4.98 Å². The average Bonchev–Trinajstić information content (AvgIpc) is 3.03. The lowest BCUT2D eigenvalue weighted by molar-refractivity contribution is 0.0951. The number of hydrogen-bond acceptors (Lipinski definition) is 5. The lowest BCUT2D eigenvalue weighted by Gasteiger charge is -2.08. The zero-order valence-corrected chi connectivity index (χ0v) is 15.0. The number of ether oxygens (including phenoxy) is 1. The average molecular weight is 353 g/mol. The van der Waals surface area contributed by atoms with Crippen LogP contribution in [0.1, 0.15) is 20.9 Å². The number of amides is 1. The third-order valence-corrected chi connectivity index (χ3v) is 5.06. The summed E-state index contributed by atoms with van der Waals surface area (Å²) < 4.78 is 5.23. The molecule has 0 bridgehead atoms. The molecule has 25 heavy (non-hydrogen) atoms. The smallest absolute Gasteiger partial charge is 0.255 e. The lowest BCUT2D eigenvalue weighted by atomic mass is 10.2. The number of aryl methyl sites for hydroxylation is 1. The van der Waals surface area contributed by atoms with Crippen LogP contribution in [0.3, 0.4) is 0 Å². The topological polar surface area (TPSA) is 64.1 Å². The highest BCUT2D eigenvalue weighted by Crippen LogP contribution is 2.27. The van der Waals surface area contributed by atoms with Crippen molar-refractivity contribution in [3.05, 3.63) is 64.9 Å². The Morgan fingerprint density at radius 2 is 2.08 bits per heavy atom. The molecule has 0 aliphatic rings. The van der Waals surface area contributed by atoms with Gasteiger partial charge in [0.25, 0.3) is 5.91 Å². The van der Waals surface area contributed by atoms with Crippen LogP contribution in [-0.4, -0.2) is 29.5 Å². The zero-order valence-electron chi connectivity index (χ0n) is 14.2. The van der Waals surface area contributed by atoms with E-state index in [0.717, 1.165) is 22.7 Å². The summed E-state index contributed by atoms with van der Waals surface area (Å²) in [5.41, 5.74) is 2.55. The molecule has 0 fully saturated rings. The molecule has 5 nitrogen and oxygen atoms in total. The van der Waals surface area contributed by atoms with E-state index in [0.29, 0.717) is 17.9 Å². The van der Waals surface area contributed by atoms with Crippen molar-refractivity contribution >= 4 is 17.2 Å². The van der Waals surface area contributed by atoms with Gasteiger partial charge in [0, 0.05) is 35.8 Å². The van der Waals surface area contributed by atoms with Crippen molar-refractivity contribution in [2.45, 2.75) is 13.3 Å². The van der Waals surface area contributed by atoms with Crippen LogP contribution in [-0.2, 0) is 6.42 Å². The van der Waals surface area contributed by atoms with Crippen LogP contribution in [0.4, 0.5) is 0 Å². The Hall–Kier alpha value is -2.73. The molecule has 1 aromatic carbocycles. The number of hydrogen-bond donors (Lipinski definition) is 1. The van der Waals surface area contributed by atoms with Crippen LogP contribution in [0.5, 0.6) is 5.75 Å². The van der Waals surface area contributed by atoms with Gasteiger partial charge in [0.15, 0.2) is 0 Å². The summed E-state index contributed by atoms with van der Waals surface area (Å²) in [6, 6.07) is 11.1. The lowest BCUT2D eigenvalue weighted by Crippen LogP contribution is -2.26. The van der Waals surface area contributed by atoms with Gasteiger partial charge >= 0.3 is 0 Å². The maximum Gasteiger partial charge on any atom is 0.255 e. The molecule has 0 spiro atoms. The van der Waals surface area contributed by atoms with Crippen molar-refractivity contribution < 1.29 is 9.53 Å². The molecule has 1 N–H and O–H groups in total. The van der Waals surface area contributed by atoms with Crippen molar-refractivity contribution in [3.8, 4) is 16.3 Å². The molecule has 1 amide bonds. The number of methoxy groups -OCH3 is 1. The second-order valence-electron chi connectivity index (χ2n) is 5.48. The van der Waals surface area contributed by atoms with E-state index in [-0.39, 0.29) is 5.91 Å². The fourth-order valence-electron chi connectivity index (χ4n) is 2.49. The summed E-state index contributed by atoms with van der Waals surface area (Å²) in [7, 11) is 1.56. The van der Waals surface area contributed by atoms with E-state index >= 15 is 0 Å². The summed E-state index contributed by atoms with van der Waals surface area (Å²) in [6.45, 7) is 2.54. The molecule has 0 aliphatic heterocycles. The number of para-hydroxylation sites is 1. The van der Waals surface area contributed by atoms with Gasteiger partial charge in [-0.05, 0) is 31.2 Å². The number of nitrogens with zero attached hydrogens (tertiary/aromatic N) is 2. The molecule has 0 atom stereocenters. The maximum atomic E-state index is 12.3. The van der Waals surface area contributed by atoms with E-state index < -0.39 is 0 Å². The van der Waals surface area contributed by atoms with Gasteiger partial charge in [0.2, 0.25) is 0 Å². The number of aromatic nitrogens is 2. The van der Waals surface area contributed by atoms with Gasteiger partial charge < -0.3 is 10.1 Å². The van der Waals surface area contributed by atoms with Crippen molar-refractivity contribution in [3.63, 3.8) is 0 Å². The van der Waals surface area contributed by atoms with E-state index in [2.05, 4.69) is 15.3 Å². The van der Waals surface area contributed by atoms with Gasteiger partial charge in [-0.1, -0.05) is 12.1 Å². The number of nitrogens with one attached hydrogen (secondary N) is 1. The largest absolute Gasteiger partial charge is 0.496 e. The van der Waals surface area contributed by atoms with Crippen LogP contribution in [0.15, 0.2) is 48.8 Å². The van der Waals surface area contributed by atoms with Crippen LogP contribution in [0, 0.1) is 6.92 Å². The van der Waals surface area contributed by atoms with E-state index in [9.17, 15) is 4.79 Å². The molecule has 0 aliphatic carbocycles. The van der Waals surface area contributed by atoms with Crippen LogP contribution in [0.25, 0.3) is 10.6 Å². The molecule has 6 heteroatoms. The van der Waals surface area contributed by atoms with Crippen LogP contribution < -0.4 is 10.1 Å². The van der Waals surface area contributed by atoms with Crippen molar-refractivity contribution in [2.24, 2.45) is 0 Å². The fraction of sp³-hybridized carbons (Fsp3) is 0.211. The van der Waals surface area contributed by atoms with Crippen LogP contribution in [0.2, 0.25) is 0 Å². The summed E-state index contributed by atoms with van der Waals surface area (Å²) in [5.74, 6) is 0.444. The molecule has 3 rings (SSSR count). The molecule has 128 valence electrons. The maximum absolute atomic E-state index is 12.3. The third-order valence-electron chi connectivity index (χ3n) is 3.79. The molecule has 3 aromatic rings. The first kappa shape index (κ1) is 17.1. The standard InChI is InChI=1S/C19H19N3O2S/c1-13-17(25-19(22-13)14-6-5-10-20-12-14)9-11-21-18(23)15-7-3-4-8-16(15)24-2/h3-8,10,12H,9,11H2,1-2H3,(H,21,23). The number of carbonyl (C=O) groups excluding carboxylic acids is 1. The van der Waals surface area contributed by atoms with E-state index in [1.165, 1.54) is 4.88 Å². The van der Waals surface area contributed by atoms with E-state index in [1.807, 2.05) is 37.4 Å². The predicted molar refractivity (Wildman–Crippen MR) is 99.1 cm³/mol. The number of rotatable bonds is 6. The first-order chi connectivity index (χ1) is 12.2. The number of carbonyl (C=O) groups is 1. The summed E-state index contributed by atoms with van der Waals surface area (Å²) in [6.07, 6.45) is 4.30. The first-order valence-corrected chi connectivity index (χ1v) is 8.78. The second kappa shape index (κ2) is 7.90. The van der Waals surface area contributed by atoms with Gasteiger partial charge in [0.05, 0.1) is 18.4 Å². The van der Waals surface area contributed by atoms with E-state index in [4.69, 9.17) is 4.74 Å². The third kappa shape index (κ3) is 4.03. The Balaban J connectivity index is 1.63. The number of pyridine rings is 1. The van der Waals surface area contributed by atoms with Crippen molar-refractivity contribution in [2.75, 3.05) is 13.7 Å². The molecule has 2 heterocycles. The zero-order chi connectivity index (χ0) is 17.6. The van der Waals surface area contributed by atoms with Crippen molar-refractivity contribution in [1.29, 1.82) is 0 Å². The van der Waals surface area contributed by atoms with Gasteiger partial charge in [-0.15, -0.1) is 11.3 Å². The highest BCUT2D eigenvalue weighted by molar-refractivity contribution is 7.15. The first-order valence-electron chi connectivity index (χ1n) is 7.97. The predicted octanol–water partition coefficient (Wildman–Crippen LogP) is 3.49. The van der Waals surface area contributed by atoms with Crippen LogP contribution >= 0.6 is 11.3 Å². The quantitative estimate of drug-likeness (QED) is 0.737. The van der Waals surface area contributed by atoms with Gasteiger partial charge in [0.1, 0.15) is 10.8 Å². The Morgan fingerprint density at radius 1 is 1.24 bits per heavy atom. The minimum atomic E-state index is -0.132. The summed E-state index contributed by atoms with van der Waals surface area (Å²) >= 11 is 1.64. The molecule has 0 saturated carbocycles. The Labute approximate surface area is 150 Å². The number of benzene rings is 1. The second-order valence-corrected chi connectivity index (χ2v) is 6.56. The van der Waals surface area contributed by atoms with Gasteiger partial charge in [-0.3, -0.25) is 9.78 Å². The Bertz CT molecular complexity index is 862. The summed E-state index contributed by atoms with van der Waals surface area (Å²) in [5, 5.41) is 3.90. The molecule has 0 radical (unpaired) electrons. The molecule has 0 saturated heterocycles. The SMILES string of the molecule is COc1ccccc1C(=O)NCCc1sc(-c2cccnc2)nc1C. The normalized spacial score (nSPS) is 10.5. The molecule has 0 unspecified atom stereocenters. The highest BCUT2D eigenvalue weighted by atomic mass is 32.1. The molecule has 2 aromatic heterocycles. The minimum absolute atomic E-state index is 0.132. The Morgan fingerprint density at radius 3 is 2.84 bits per heavy atom. The molecular weight excluding hydrogens is 334 g/mol.